The van der Waals surface area contributed by atoms with E-state index in [9.17, 15) is 4.79 Å². The lowest BCUT2D eigenvalue weighted by atomic mass is 10.1. The molecule has 16 heavy (non-hydrogen) atoms. The second-order valence-corrected chi connectivity index (χ2v) is 4.54. The number of allylic oxidation sites excluding steroid dienone is 1. The van der Waals surface area contributed by atoms with Gasteiger partial charge in [0.05, 0.1) is 6.54 Å². The minimum Gasteiger partial charge on any atom is -0.476 e. The molecule has 0 fully saturated rings. The van der Waals surface area contributed by atoms with Crippen molar-refractivity contribution in [3.05, 3.63) is 29.6 Å². The number of carboxylic acid groups (broad SMARTS) is 1. The molecule has 0 bridgehead atoms. The van der Waals surface area contributed by atoms with Gasteiger partial charge in [0.1, 0.15) is 0 Å². The van der Waals surface area contributed by atoms with E-state index in [-0.39, 0.29) is 5.69 Å². The van der Waals surface area contributed by atoms with Crippen molar-refractivity contribution in [2.24, 2.45) is 5.92 Å². The highest BCUT2D eigenvalue weighted by Crippen LogP contribution is 2.12. The van der Waals surface area contributed by atoms with Crippen molar-refractivity contribution < 1.29 is 9.90 Å². The van der Waals surface area contributed by atoms with Crippen LogP contribution >= 0.6 is 0 Å². The van der Waals surface area contributed by atoms with Crippen LogP contribution in [0.4, 0.5) is 0 Å². The van der Waals surface area contributed by atoms with Crippen LogP contribution in [-0.2, 0) is 13.0 Å². The van der Waals surface area contributed by atoms with E-state index >= 15 is 0 Å². The summed E-state index contributed by atoms with van der Waals surface area (Å²) in [6.07, 6.45) is 0.827. The zero-order valence-electron chi connectivity index (χ0n) is 10.0. The summed E-state index contributed by atoms with van der Waals surface area (Å²) in [5, 5.41) is 13.0. The van der Waals surface area contributed by atoms with Gasteiger partial charge in [-0.3, -0.25) is 4.68 Å². The maximum atomic E-state index is 10.8. The van der Waals surface area contributed by atoms with E-state index in [1.807, 2.05) is 6.92 Å². The molecule has 0 radical (unpaired) electrons. The van der Waals surface area contributed by atoms with Gasteiger partial charge in [-0.1, -0.05) is 26.0 Å². The molecule has 0 aliphatic heterocycles. The lowest BCUT2D eigenvalue weighted by Crippen LogP contribution is -2.08. The van der Waals surface area contributed by atoms with Crippen LogP contribution in [0.1, 0.15) is 37.0 Å². The maximum Gasteiger partial charge on any atom is 0.356 e. The molecule has 0 unspecified atom stereocenters. The van der Waals surface area contributed by atoms with Crippen molar-refractivity contribution in [1.82, 2.24) is 9.78 Å². The third-order valence-electron chi connectivity index (χ3n) is 2.12. The minimum absolute atomic E-state index is 0.108. The molecular formula is C12H18N2O2. The highest BCUT2D eigenvalue weighted by atomic mass is 16.4. The lowest BCUT2D eigenvalue weighted by molar-refractivity contribution is 0.0689. The first-order valence-corrected chi connectivity index (χ1v) is 5.34. The van der Waals surface area contributed by atoms with Crippen LogP contribution in [0, 0.1) is 5.92 Å². The van der Waals surface area contributed by atoms with E-state index in [4.69, 9.17) is 5.11 Å². The summed E-state index contributed by atoms with van der Waals surface area (Å²) in [5.74, 6) is -0.507. The van der Waals surface area contributed by atoms with Crippen LogP contribution in [-0.4, -0.2) is 20.9 Å². The van der Waals surface area contributed by atoms with Crippen molar-refractivity contribution in [2.45, 2.75) is 33.7 Å². The molecule has 1 aromatic rings. The molecule has 0 saturated carbocycles. The molecule has 1 heterocycles. The average Bonchev–Trinajstić information content (AvgIpc) is 2.46. The number of carboxylic acids is 1. The Morgan fingerprint density at radius 3 is 2.69 bits per heavy atom. The zero-order chi connectivity index (χ0) is 12.3. The largest absolute Gasteiger partial charge is 0.476 e. The van der Waals surface area contributed by atoms with Crippen molar-refractivity contribution in [3.63, 3.8) is 0 Å². The highest BCUT2D eigenvalue weighted by molar-refractivity contribution is 5.85. The Kier molecular flexibility index (Phi) is 3.88. The first-order valence-electron chi connectivity index (χ1n) is 5.34. The Bertz CT molecular complexity index is 405. The molecule has 0 atom stereocenters. The molecule has 1 N–H and O–H groups in total. The lowest BCUT2D eigenvalue weighted by Gasteiger charge is -2.08. The second kappa shape index (κ2) is 4.96. The standard InChI is InChI=1S/C12H18N2O2/c1-8(2)5-10-6-11(12(15)16)13-14(10)7-9(3)4/h6,8H,3,5,7H2,1-2,4H3,(H,15,16). The summed E-state index contributed by atoms with van der Waals surface area (Å²) in [6, 6.07) is 1.64. The topological polar surface area (TPSA) is 55.1 Å². The molecule has 88 valence electrons. The summed E-state index contributed by atoms with van der Waals surface area (Å²) in [5.41, 5.74) is 2.03. The zero-order valence-corrected chi connectivity index (χ0v) is 10.0. The smallest absolute Gasteiger partial charge is 0.356 e. The van der Waals surface area contributed by atoms with Crippen molar-refractivity contribution in [1.29, 1.82) is 0 Å². The van der Waals surface area contributed by atoms with E-state index in [2.05, 4.69) is 25.5 Å². The molecule has 0 aromatic carbocycles. The predicted molar refractivity (Wildman–Crippen MR) is 62.5 cm³/mol. The van der Waals surface area contributed by atoms with E-state index in [1.54, 1.807) is 10.7 Å². The number of hydrogen-bond donors (Lipinski definition) is 1. The Hall–Kier alpha value is -1.58. The number of aromatic nitrogens is 2. The predicted octanol–water partition coefficient (Wildman–Crippen LogP) is 2.36. The first kappa shape index (κ1) is 12.5. The highest BCUT2D eigenvalue weighted by Gasteiger charge is 2.13. The summed E-state index contributed by atoms with van der Waals surface area (Å²) in [6.45, 7) is 10.5. The van der Waals surface area contributed by atoms with Gasteiger partial charge in [-0.2, -0.15) is 5.10 Å². The van der Waals surface area contributed by atoms with Crippen LogP contribution in [0.15, 0.2) is 18.2 Å². The molecular weight excluding hydrogens is 204 g/mol. The Morgan fingerprint density at radius 2 is 2.25 bits per heavy atom. The number of rotatable bonds is 5. The maximum absolute atomic E-state index is 10.8. The molecule has 0 aliphatic rings. The molecule has 1 rings (SSSR count). The number of nitrogens with zero attached hydrogens (tertiary/aromatic N) is 2. The van der Waals surface area contributed by atoms with Crippen LogP contribution in [0.3, 0.4) is 0 Å². The molecule has 1 aromatic heterocycles. The molecule has 0 amide bonds. The Balaban J connectivity index is 3.01. The van der Waals surface area contributed by atoms with Gasteiger partial charge in [0.2, 0.25) is 0 Å². The van der Waals surface area contributed by atoms with E-state index < -0.39 is 5.97 Å². The second-order valence-electron chi connectivity index (χ2n) is 4.54. The van der Waals surface area contributed by atoms with Gasteiger partial charge in [0.25, 0.3) is 0 Å². The van der Waals surface area contributed by atoms with Crippen molar-refractivity contribution in [2.75, 3.05) is 0 Å². The number of hydrogen-bond acceptors (Lipinski definition) is 2. The van der Waals surface area contributed by atoms with Gasteiger partial charge in [-0.15, -0.1) is 0 Å². The Morgan fingerprint density at radius 1 is 1.62 bits per heavy atom. The first-order chi connectivity index (χ1) is 7.40. The molecule has 4 nitrogen and oxygen atoms in total. The molecule has 0 aliphatic carbocycles. The fraction of sp³-hybridized carbons (Fsp3) is 0.500. The number of carbonyl (C=O) groups is 1. The quantitative estimate of drug-likeness (QED) is 0.778. The summed E-state index contributed by atoms with van der Waals surface area (Å²) < 4.78 is 1.73. The molecule has 0 saturated heterocycles. The van der Waals surface area contributed by atoms with Gasteiger partial charge in [-0.25, -0.2) is 4.79 Å². The van der Waals surface area contributed by atoms with Gasteiger partial charge >= 0.3 is 5.97 Å². The van der Waals surface area contributed by atoms with Crippen molar-refractivity contribution in [3.8, 4) is 0 Å². The van der Waals surface area contributed by atoms with E-state index in [1.165, 1.54) is 0 Å². The summed E-state index contributed by atoms with van der Waals surface area (Å²) in [7, 11) is 0. The average molecular weight is 222 g/mol. The van der Waals surface area contributed by atoms with Crippen molar-refractivity contribution >= 4 is 5.97 Å². The summed E-state index contributed by atoms with van der Waals surface area (Å²) >= 11 is 0. The Labute approximate surface area is 95.6 Å². The fourth-order valence-electron chi connectivity index (χ4n) is 1.54. The van der Waals surface area contributed by atoms with Gasteiger partial charge in [0.15, 0.2) is 5.69 Å². The van der Waals surface area contributed by atoms with E-state index in [0.717, 1.165) is 17.7 Å². The normalized spacial score (nSPS) is 10.8. The van der Waals surface area contributed by atoms with Crippen LogP contribution in [0.2, 0.25) is 0 Å². The van der Waals surface area contributed by atoms with Gasteiger partial charge < -0.3 is 5.11 Å². The van der Waals surface area contributed by atoms with Crippen LogP contribution < -0.4 is 0 Å². The third-order valence-corrected chi connectivity index (χ3v) is 2.12. The van der Waals surface area contributed by atoms with Gasteiger partial charge in [-0.05, 0) is 25.3 Å². The SMILES string of the molecule is C=C(C)Cn1nc(C(=O)O)cc1CC(C)C. The number of aromatic carboxylic acids is 1. The third kappa shape index (κ3) is 3.22. The van der Waals surface area contributed by atoms with Crippen LogP contribution in [0.5, 0.6) is 0 Å². The molecule has 0 spiro atoms. The van der Waals surface area contributed by atoms with E-state index in [0.29, 0.717) is 12.5 Å². The summed E-state index contributed by atoms with van der Waals surface area (Å²) in [4.78, 5) is 10.8. The van der Waals surface area contributed by atoms with Crippen LogP contribution in [0.25, 0.3) is 0 Å². The van der Waals surface area contributed by atoms with Gasteiger partial charge in [0, 0.05) is 5.69 Å². The monoisotopic (exact) mass is 222 g/mol. The fourth-order valence-corrected chi connectivity index (χ4v) is 1.54. The minimum atomic E-state index is -0.981. The molecule has 4 heteroatoms.